The van der Waals surface area contributed by atoms with Gasteiger partial charge in [-0.3, -0.25) is 0 Å². The molecule has 2 N–H and O–H groups in total. The molecule has 0 spiro atoms. The van der Waals surface area contributed by atoms with Crippen LogP contribution in [0.25, 0.3) is 0 Å². The minimum atomic E-state index is -3.90. The second kappa shape index (κ2) is 5.59. The molecule has 1 fully saturated rings. The number of hydrogen-bond donors (Lipinski definition) is 1. The van der Waals surface area contributed by atoms with E-state index >= 15 is 0 Å². The maximum atomic E-state index is 13.5. The molecule has 6 nitrogen and oxygen atoms in total. The van der Waals surface area contributed by atoms with Gasteiger partial charge in [-0.25, -0.2) is 21.2 Å². The van der Waals surface area contributed by atoms with Gasteiger partial charge in [0.05, 0.1) is 16.4 Å². The van der Waals surface area contributed by atoms with Crippen molar-refractivity contribution in [1.82, 2.24) is 4.31 Å². The van der Waals surface area contributed by atoms with Crippen LogP contribution in [0.3, 0.4) is 0 Å². The molecule has 0 unspecified atom stereocenters. The van der Waals surface area contributed by atoms with Crippen molar-refractivity contribution in [3.63, 3.8) is 0 Å². The van der Waals surface area contributed by atoms with E-state index in [0.29, 0.717) is 0 Å². The molecule has 1 aromatic rings. The van der Waals surface area contributed by atoms with Crippen LogP contribution in [0.15, 0.2) is 23.1 Å². The summed E-state index contributed by atoms with van der Waals surface area (Å²) in [4.78, 5) is -0.406. The predicted octanol–water partition coefficient (Wildman–Crippen LogP) is -0.121. The second-order valence-corrected chi connectivity index (χ2v) is 9.24. The average molecular weight is 352 g/mol. The number of nitrogens with two attached hydrogens (primary N) is 1. The fraction of sp³-hybridized carbons (Fsp3) is 0.364. The van der Waals surface area contributed by atoms with Crippen LogP contribution in [0, 0.1) is 5.82 Å². The standard InChI is InChI=1S/C11H13FN2O4S3/c12-10-2-1-8(7-9(10)11(13)19)21(17,18)14-3-5-20(15,16)6-4-14/h1-2,7H,3-6H2,(H2,13,19). The predicted molar refractivity (Wildman–Crippen MR) is 79.7 cm³/mol. The molecule has 0 amide bonds. The topological polar surface area (TPSA) is 97.5 Å². The highest BCUT2D eigenvalue weighted by molar-refractivity contribution is 7.92. The molecule has 0 saturated carbocycles. The van der Waals surface area contributed by atoms with E-state index in [-0.39, 0.29) is 40.0 Å². The largest absolute Gasteiger partial charge is 0.389 e. The summed E-state index contributed by atoms with van der Waals surface area (Å²) in [6.45, 7) is -0.241. The van der Waals surface area contributed by atoms with Gasteiger partial charge in [0.2, 0.25) is 10.0 Å². The first kappa shape index (κ1) is 16.3. The molecule has 1 aliphatic heterocycles. The van der Waals surface area contributed by atoms with Gasteiger partial charge in [-0.05, 0) is 18.2 Å². The SMILES string of the molecule is NC(=S)c1cc(S(=O)(=O)N2CCS(=O)(=O)CC2)ccc1F. The minimum absolute atomic E-state index is 0.121. The van der Waals surface area contributed by atoms with E-state index in [2.05, 4.69) is 12.2 Å². The van der Waals surface area contributed by atoms with E-state index in [1.807, 2.05) is 0 Å². The lowest BCUT2D eigenvalue weighted by Gasteiger charge is -2.26. The van der Waals surface area contributed by atoms with Crippen molar-refractivity contribution in [3.8, 4) is 0 Å². The molecule has 1 aliphatic rings. The highest BCUT2D eigenvalue weighted by atomic mass is 32.2. The van der Waals surface area contributed by atoms with E-state index in [4.69, 9.17) is 5.73 Å². The van der Waals surface area contributed by atoms with E-state index < -0.39 is 25.7 Å². The van der Waals surface area contributed by atoms with Crippen molar-refractivity contribution in [2.45, 2.75) is 4.90 Å². The van der Waals surface area contributed by atoms with Crippen LogP contribution in [0.4, 0.5) is 4.39 Å². The molecular weight excluding hydrogens is 339 g/mol. The van der Waals surface area contributed by atoms with Gasteiger partial charge in [-0.15, -0.1) is 0 Å². The van der Waals surface area contributed by atoms with Crippen molar-refractivity contribution in [1.29, 1.82) is 0 Å². The summed E-state index contributed by atoms with van der Waals surface area (Å²) in [5, 5.41) is 0. The molecule has 1 heterocycles. The molecule has 0 radical (unpaired) electrons. The molecule has 1 saturated heterocycles. The Labute approximate surface area is 127 Å². The molecule has 116 valence electrons. The summed E-state index contributed by atoms with van der Waals surface area (Å²) in [5.41, 5.74) is 5.19. The molecule has 1 aromatic carbocycles. The third kappa shape index (κ3) is 3.39. The second-order valence-electron chi connectivity index (χ2n) is 4.56. The Balaban J connectivity index is 2.37. The van der Waals surface area contributed by atoms with Gasteiger partial charge in [0, 0.05) is 18.7 Å². The maximum Gasteiger partial charge on any atom is 0.243 e. The molecule has 10 heteroatoms. The number of benzene rings is 1. The minimum Gasteiger partial charge on any atom is -0.389 e. The van der Waals surface area contributed by atoms with Crippen molar-refractivity contribution in [2.24, 2.45) is 5.73 Å². The number of sulfone groups is 1. The van der Waals surface area contributed by atoms with Crippen LogP contribution < -0.4 is 5.73 Å². The van der Waals surface area contributed by atoms with Gasteiger partial charge in [0.15, 0.2) is 9.84 Å². The maximum absolute atomic E-state index is 13.5. The Bertz CT molecular complexity index is 776. The first-order valence-electron chi connectivity index (χ1n) is 5.93. The molecular formula is C11H13FN2O4S3. The van der Waals surface area contributed by atoms with E-state index in [9.17, 15) is 21.2 Å². The summed E-state index contributed by atoms with van der Waals surface area (Å²) in [6, 6.07) is 3.15. The van der Waals surface area contributed by atoms with Crippen LogP contribution in [-0.2, 0) is 19.9 Å². The number of rotatable bonds is 3. The number of hydrogen-bond acceptors (Lipinski definition) is 5. The van der Waals surface area contributed by atoms with Crippen molar-refractivity contribution < 1.29 is 21.2 Å². The van der Waals surface area contributed by atoms with Gasteiger partial charge in [-0.1, -0.05) is 12.2 Å². The van der Waals surface area contributed by atoms with Gasteiger partial charge < -0.3 is 5.73 Å². The van der Waals surface area contributed by atoms with Crippen LogP contribution in [0.1, 0.15) is 5.56 Å². The zero-order valence-corrected chi connectivity index (χ0v) is 13.3. The summed E-state index contributed by atoms with van der Waals surface area (Å²) >= 11 is 4.67. The molecule has 21 heavy (non-hydrogen) atoms. The summed E-state index contributed by atoms with van der Waals surface area (Å²) in [6.07, 6.45) is 0. The Morgan fingerprint density at radius 1 is 1.29 bits per heavy atom. The van der Waals surface area contributed by atoms with E-state index in [1.165, 1.54) is 0 Å². The summed E-state index contributed by atoms with van der Waals surface area (Å²) in [5.74, 6) is -1.16. The Morgan fingerprint density at radius 3 is 2.38 bits per heavy atom. The van der Waals surface area contributed by atoms with Gasteiger partial charge in [-0.2, -0.15) is 4.31 Å². The number of thiocarbonyl (C=S) groups is 1. The number of sulfonamides is 1. The first-order chi connectivity index (χ1) is 9.63. The Morgan fingerprint density at radius 2 is 1.86 bits per heavy atom. The zero-order valence-electron chi connectivity index (χ0n) is 10.8. The first-order valence-corrected chi connectivity index (χ1v) is 9.60. The lowest BCUT2D eigenvalue weighted by Crippen LogP contribution is -2.43. The van der Waals surface area contributed by atoms with Gasteiger partial charge in [0.1, 0.15) is 10.8 Å². The average Bonchev–Trinajstić information content (AvgIpc) is 2.38. The Kier molecular flexibility index (Phi) is 4.34. The highest BCUT2D eigenvalue weighted by Crippen LogP contribution is 2.21. The van der Waals surface area contributed by atoms with Gasteiger partial charge >= 0.3 is 0 Å². The van der Waals surface area contributed by atoms with Crippen molar-refractivity contribution >= 4 is 37.1 Å². The lowest BCUT2D eigenvalue weighted by atomic mass is 10.2. The van der Waals surface area contributed by atoms with Crippen molar-refractivity contribution in [3.05, 3.63) is 29.6 Å². The normalized spacial score (nSPS) is 19.3. The molecule has 0 atom stereocenters. The number of nitrogens with zero attached hydrogens (tertiary/aromatic N) is 1. The van der Waals surface area contributed by atoms with E-state index in [0.717, 1.165) is 22.5 Å². The lowest BCUT2D eigenvalue weighted by molar-refractivity contribution is 0.430. The molecule has 2 rings (SSSR count). The third-order valence-corrected chi connectivity index (χ3v) is 6.87. The van der Waals surface area contributed by atoms with Crippen molar-refractivity contribution in [2.75, 3.05) is 24.6 Å². The highest BCUT2D eigenvalue weighted by Gasteiger charge is 2.31. The smallest absolute Gasteiger partial charge is 0.243 e. The molecule has 0 aliphatic carbocycles. The van der Waals surface area contributed by atoms with Crippen LogP contribution in [0.2, 0.25) is 0 Å². The third-order valence-electron chi connectivity index (χ3n) is 3.14. The van der Waals surface area contributed by atoms with Gasteiger partial charge in [0.25, 0.3) is 0 Å². The fourth-order valence-corrected chi connectivity index (χ4v) is 5.00. The monoisotopic (exact) mass is 352 g/mol. The van der Waals surface area contributed by atoms with E-state index in [1.54, 1.807) is 0 Å². The fourth-order valence-electron chi connectivity index (χ4n) is 1.94. The zero-order chi connectivity index (χ0) is 15.8. The summed E-state index contributed by atoms with van der Waals surface area (Å²) in [7, 11) is -7.09. The summed E-state index contributed by atoms with van der Waals surface area (Å²) < 4.78 is 62.1. The van der Waals surface area contributed by atoms with Crippen LogP contribution >= 0.6 is 12.2 Å². The molecule has 0 aromatic heterocycles. The number of halogens is 1. The quantitative estimate of drug-likeness (QED) is 0.762. The van der Waals surface area contributed by atoms with Crippen LogP contribution in [-0.4, -0.2) is 50.7 Å². The molecule has 0 bridgehead atoms. The Hall–Kier alpha value is -1.10. The van der Waals surface area contributed by atoms with Crippen LogP contribution in [0.5, 0.6) is 0 Å².